The maximum Gasteiger partial charge on any atom is 0.390 e. The lowest BCUT2D eigenvalue weighted by atomic mass is 9.55. The largest absolute Gasteiger partial charge is 0.390 e. The lowest BCUT2D eigenvalue weighted by Gasteiger charge is -2.60. The summed E-state index contributed by atoms with van der Waals surface area (Å²) in [4.78, 5) is 0. The molecule has 3 atom stereocenters. The van der Waals surface area contributed by atoms with E-state index in [4.69, 9.17) is 4.74 Å². The van der Waals surface area contributed by atoms with Crippen molar-refractivity contribution in [3.63, 3.8) is 0 Å². The molecule has 3 unspecified atom stereocenters. The number of hydrogen-bond acceptors (Lipinski definition) is 2. The summed E-state index contributed by atoms with van der Waals surface area (Å²) in [5.41, 5.74) is -0.0450. The molecule has 0 bridgehead atoms. The predicted molar refractivity (Wildman–Crippen MR) is 58.7 cm³/mol. The minimum atomic E-state index is -4.07. The van der Waals surface area contributed by atoms with Crippen molar-refractivity contribution in [1.82, 2.24) is 5.32 Å². The normalized spacial score (nSPS) is 36.2. The van der Waals surface area contributed by atoms with Crippen LogP contribution >= 0.6 is 0 Å². The van der Waals surface area contributed by atoms with Crippen LogP contribution < -0.4 is 5.32 Å². The lowest BCUT2D eigenvalue weighted by molar-refractivity contribution is -0.194. The molecule has 0 amide bonds. The second-order valence-corrected chi connectivity index (χ2v) is 5.72. The van der Waals surface area contributed by atoms with Crippen molar-refractivity contribution in [3.05, 3.63) is 0 Å². The Morgan fingerprint density at radius 2 is 2.06 bits per heavy atom. The van der Waals surface area contributed by atoms with Crippen LogP contribution in [0, 0.1) is 11.3 Å². The first-order chi connectivity index (χ1) is 7.82. The molecule has 2 aliphatic rings. The predicted octanol–water partition coefficient (Wildman–Crippen LogP) is 2.73. The number of alkyl halides is 3. The molecule has 1 saturated carbocycles. The highest BCUT2D eigenvalue weighted by Crippen LogP contribution is 2.51. The van der Waals surface area contributed by atoms with Gasteiger partial charge in [0.1, 0.15) is 0 Å². The highest BCUT2D eigenvalue weighted by Gasteiger charge is 2.57. The van der Waals surface area contributed by atoms with Gasteiger partial charge in [-0.05, 0) is 12.8 Å². The summed E-state index contributed by atoms with van der Waals surface area (Å²) in [5.74, 6) is 0.395. The molecule has 0 aromatic rings. The Hall–Kier alpha value is -0.290. The third kappa shape index (κ3) is 2.60. The summed E-state index contributed by atoms with van der Waals surface area (Å²) in [6.07, 6.45) is -2.51. The Labute approximate surface area is 99.9 Å². The van der Waals surface area contributed by atoms with Crippen LogP contribution in [-0.4, -0.2) is 31.5 Å². The van der Waals surface area contributed by atoms with Crippen molar-refractivity contribution in [2.45, 2.75) is 51.4 Å². The summed E-state index contributed by atoms with van der Waals surface area (Å²) < 4.78 is 42.0. The van der Waals surface area contributed by atoms with E-state index in [2.05, 4.69) is 19.2 Å². The van der Waals surface area contributed by atoms with Gasteiger partial charge in [-0.15, -0.1) is 0 Å². The Balaban J connectivity index is 1.84. The SMILES string of the molecule is CC1(C)C(NCCC(F)(F)F)C2CCCOC21. The van der Waals surface area contributed by atoms with Gasteiger partial charge >= 0.3 is 6.18 Å². The molecular weight excluding hydrogens is 231 g/mol. The van der Waals surface area contributed by atoms with Crippen LogP contribution in [0.4, 0.5) is 13.2 Å². The lowest BCUT2D eigenvalue weighted by Crippen LogP contribution is -2.69. The Bertz CT molecular complexity index is 277. The Morgan fingerprint density at radius 3 is 2.71 bits per heavy atom. The van der Waals surface area contributed by atoms with Crippen LogP contribution in [0.2, 0.25) is 0 Å². The van der Waals surface area contributed by atoms with E-state index in [1.807, 2.05) is 0 Å². The van der Waals surface area contributed by atoms with Crippen molar-refractivity contribution < 1.29 is 17.9 Å². The minimum absolute atomic E-state index is 0.0147. The number of nitrogens with one attached hydrogen (secondary N) is 1. The van der Waals surface area contributed by atoms with Gasteiger partial charge < -0.3 is 10.1 Å². The van der Waals surface area contributed by atoms with Crippen LogP contribution in [0.5, 0.6) is 0 Å². The minimum Gasteiger partial charge on any atom is -0.377 e. The highest BCUT2D eigenvalue weighted by atomic mass is 19.4. The van der Waals surface area contributed by atoms with Gasteiger partial charge in [0.25, 0.3) is 0 Å². The zero-order chi connectivity index (χ0) is 12.7. The van der Waals surface area contributed by atoms with Crippen LogP contribution in [0.3, 0.4) is 0 Å². The van der Waals surface area contributed by atoms with Gasteiger partial charge in [-0.2, -0.15) is 13.2 Å². The standard InChI is InChI=1S/C12H20F3NO/c1-11(2)9(16-6-5-12(13,14)15)8-4-3-7-17-10(8)11/h8-10,16H,3-7H2,1-2H3. The number of hydrogen-bond donors (Lipinski definition) is 1. The average Bonchev–Trinajstić information content (AvgIpc) is 2.23. The zero-order valence-electron chi connectivity index (χ0n) is 10.3. The van der Waals surface area contributed by atoms with E-state index in [1.165, 1.54) is 0 Å². The van der Waals surface area contributed by atoms with Gasteiger partial charge in [0.2, 0.25) is 0 Å². The molecule has 1 aliphatic carbocycles. The van der Waals surface area contributed by atoms with Crippen LogP contribution in [0.1, 0.15) is 33.1 Å². The van der Waals surface area contributed by atoms with E-state index in [0.29, 0.717) is 5.92 Å². The molecule has 100 valence electrons. The van der Waals surface area contributed by atoms with Crippen LogP contribution in [-0.2, 0) is 4.74 Å². The first kappa shape index (κ1) is 13.1. The molecule has 2 fully saturated rings. The average molecular weight is 251 g/mol. The third-order valence-corrected chi connectivity index (χ3v) is 4.10. The summed E-state index contributed by atoms with van der Waals surface area (Å²) in [7, 11) is 0. The van der Waals surface area contributed by atoms with Gasteiger partial charge in [-0.1, -0.05) is 13.8 Å². The van der Waals surface area contributed by atoms with Gasteiger partial charge in [0, 0.05) is 30.5 Å². The van der Waals surface area contributed by atoms with Crippen molar-refractivity contribution in [2.75, 3.05) is 13.2 Å². The molecule has 0 radical (unpaired) electrons. The van der Waals surface area contributed by atoms with Crippen LogP contribution in [0.25, 0.3) is 0 Å². The second-order valence-electron chi connectivity index (χ2n) is 5.72. The van der Waals surface area contributed by atoms with E-state index in [-0.39, 0.29) is 24.1 Å². The summed E-state index contributed by atoms with van der Waals surface area (Å²) in [6.45, 7) is 4.95. The smallest absolute Gasteiger partial charge is 0.377 e. The molecular formula is C12H20F3NO. The Kier molecular flexibility index (Phi) is 3.42. The summed E-state index contributed by atoms with van der Waals surface area (Å²) >= 11 is 0. The third-order valence-electron chi connectivity index (χ3n) is 4.10. The van der Waals surface area contributed by atoms with Gasteiger partial charge in [0.15, 0.2) is 0 Å². The van der Waals surface area contributed by atoms with E-state index < -0.39 is 12.6 Å². The van der Waals surface area contributed by atoms with Gasteiger partial charge in [-0.3, -0.25) is 0 Å². The van der Waals surface area contributed by atoms with Crippen molar-refractivity contribution in [3.8, 4) is 0 Å². The zero-order valence-corrected chi connectivity index (χ0v) is 10.3. The molecule has 1 heterocycles. The summed E-state index contributed by atoms with van der Waals surface area (Å²) in [5, 5.41) is 3.07. The quantitative estimate of drug-likeness (QED) is 0.832. The molecule has 2 nitrogen and oxygen atoms in total. The number of fused-ring (bicyclic) bond motifs is 1. The van der Waals surface area contributed by atoms with Crippen molar-refractivity contribution >= 4 is 0 Å². The molecule has 17 heavy (non-hydrogen) atoms. The Morgan fingerprint density at radius 1 is 1.35 bits per heavy atom. The molecule has 0 spiro atoms. The number of ether oxygens (including phenoxy) is 1. The molecule has 1 N–H and O–H groups in total. The number of rotatable bonds is 3. The second kappa shape index (κ2) is 4.43. The van der Waals surface area contributed by atoms with E-state index in [9.17, 15) is 13.2 Å². The van der Waals surface area contributed by atoms with Gasteiger partial charge in [-0.25, -0.2) is 0 Å². The maximum absolute atomic E-state index is 12.1. The van der Waals surface area contributed by atoms with E-state index in [0.717, 1.165) is 19.4 Å². The molecule has 1 aliphatic heterocycles. The fraction of sp³-hybridized carbons (Fsp3) is 1.00. The first-order valence-electron chi connectivity index (χ1n) is 6.24. The summed E-state index contributed by atoms with van der Waals surface area (Å²) in [6, 6.07) is 0.162. The van der Waals surface area contributed by atoms with Crippen LogP contribution in [0.15, 0.2) is 0 Å². The monoisotopic (exact) mass is 251 g/mol. The fourth-order valence-corrected chi connectivity index (χ4v) is 3.31. The maximum atomic E-state index is 12.1. The molecule has 5 heteroatoms. The molecule has 2 rings (SSSR count). The van der Waals surface area contributed by atoms with E-state index in [1.54, 1.807) is 0 Å². The first-order valence-corrected chi connectivity index (χ1v) is 6.24. The highest BCUT2D eigenvalue weighted by molar-refractivity contribution is 5.10. The fourth-order valence-electron chi connectivity index (χ4n) is 3.31. The molecule has 0 aromatic heterocycles. The van der Waals surface area contributed by atoms with Crippen molar-refractivity contribution in [1.29, 1.82) is 0 Å². The molecule has 1 saturated heterocycles. The topological polar surface area (TPSA) is 21.3 Å². The molecule has 0 aromatic carbocycles. The van der Waals surface area contributed by atoms with Gasteiger partial charge in [0.05, 0.1) is 12.5 Å². The number of halogens is 3. The van der Waals surface area contributed by atoms with Crippen molar-refractivity contribution in [2.24, 2.45) is 11.3 Å². The van der Waals surface area contributed by atoms with E-state index >= 15 is 0 Å².